The SMILES string of the molecule is CC(C)C(COc1cc(F)c(-c2ccc(C(F)(F)F)cc2Cl)c(F)c1)Nc1ccc(C(=O)NCCC(=O)O)cc1. The van der Waals surface area contributed by atoms with Gasteiger partial charge in [-0.2, -0.15) is 13.2 Å². The van der Waals surface area contributed by atoms with Gasteiger partial charge in [-0.15, -0.1) is 0 Å². The summed E-state index contributed by atoms with van der Waals surface area (Å²) in [7, 11) is 0. The van der Waals surface area contributed by atoms with Crippen LogP contribution in [0.15, 0.2) is 54.6 Å². The van der Waals surface area contributed by atoms with Crippen LogP contribution in [0.4, 0.5) is 27.6 Å². The minimum Gasteiger partial charge on any atom is -0.491 e. The van der Waals surface area contributed by atoms with Gasteiger partial charge in [0, 0.05) is 40.5 Å². The van der Waals surface area contributed by atoms with E-state index >= 15 is 0 Å². The summed E-state index contributed by atoms with van der Waals surface area (Å²) in [5.74, 6) is -3.65. The van der Waals surface area contributed by atoms with Gasteiger partial charge in [-0.3, -0.25) is 9.59 Å². The summed E-state index contributed by atoms with van der Waals surface area (Å²) in [6.45, 7) is 3.82. The number of aliphatic carboxylic acids is 1. The van der Waals surface area contributed by atoms with Gasteiger partial charge in [0.15, 0.2) is 0 Å². The smallest absolute Gasteiger partial charge is 0.416 e. The Bertz CT molecular complexity index is 1340. The topological polar surface area (TPSA) is 87.7 Å². The molecule has 0 aliphatic heterocycles. The third kappa shape index (κ3) is 8.08. The van der Waals surface area contributed by atoms with Gasteiger partial charge in [0.05, 0.1) is 23.6 Å². The maximum Gasteiger partial charge on any atom is 0.416 e. The van der Waals surface area contributed by atoms with Crippen LogP contribution >= 0.6 is 11.6 Å². The maximum absolute atomic E-state index is 14.9. The lowest BCUT2D eigenvalue weighted by molar-refractivity contribution is -0.138. The molecule has 214 valence electrons. The first-order chi connectivity index (χ1) is 18.8. The van der Waals surface area contributed by atoms with E-state index in [1.807, 2.05) is 13.8 Å². The number of carbonyl (C=O) groups excluding carboxylic acids is 1. The number of hydrogen-bond acceptors (Lipinski definition) is 4. The number of carboxylic acid groups (broad SMARTS) is 1. The molecule has 40 heavy (non-hydrogen) atoms. The predicted octanol–water partition coefficient (Wildman–Crippen LogP) is 7.02. The fourth-order valence-electron chi connectivity index (χ4n) is 3.69. The molecular weight excluding hydrogens is 559 g/mol. The molecule has 0 aliphatic rings. The van der Waals surface area contributed by atoms with E-state index in [-0.39, 0.29) is 42.8 Å². The molecule has 12 heteroatoms. The van der Waals surface area contributed by atoms with E-state index in [9.17, 15) is 31.5 Å². The van der Waals surface area contributed by atoms with Crippen molar-refractivity contribution in [2.45, 2.75) is 32.5 Å². The Hall–Kier alpha value is -3.86. The molecule has 0 bridgehead atoms. The van der Waals surface area contributed by atoms with Crippen LogP contribution in [-0.2, 0) is 11.0 Å². The average molecular weight is 585 g/mol. The van der Waals surface area contributed by atoms with E-state index in [0.717, 1.165) is 18.2 Å². The molecule has 3 rings (SSSR count). The van der Waals surface area contributed by atoms with Crippen LogP contribution < -0.4 is 15.4 Å². The van der Waals surface area contributed by atoms with Crippen LogP contribution in [0.2, 0.25) is 5.02 Å². The first-order valence-electron chi connectivity index (χ1n) is 12.1. The number of rotatable bonds is 11. The van der Waals surface area contributed by atoms with Crippen molar-refractivity contribution in [2.75, 3.05) is 18.5 Å². The molecule has 1 atom stereocenters. The largest absolute Gasteiger partial charge is 0.491 e. The van der Waals surface area contributed by atoms with Crippen LogP contribution in [0.3, 0.4) is 0 Å². The molecule has 0 aliphatic carbocycles. The molecule has 0 saturated carbocycles. The van der Waals surface area contributed by atoms with E-state index in [0.29, 0.717) is 23.4 Å². The minimum atomic E-state index is -4.65. The molecule has 3 aromatic carbocycles. The summed E-state index contributed by atoms with van der Waals surface area (Å²) >= 11 is 5.91. The second-order valence-corrected chi connectivity index (χ2v) is 9.64. The summed E-state index contributed by atoms with van der Waals surface area (Å²) < 4.78 is 74.1. The zero-order valence-corrected chi connectivity index (χ0v) is 22.2. The quantitative estimate of drug-likeness (QED) is 0.211. The second kappa shape index (κ2) is 13.0. The highest BCUT2D eigenvalue weighted by molar-refractivity contribution is 6.33. The van der Waals surface area contributed by atoms with E-state index in [1.165, 1.54) is 0 Å². The predicted molar refractivity (Wildman–Crippen MR) is 141 cm³/mol. The molecule has 0 fully saturated rings. The third-order valence-electron chi connectivity index (χ3n) is 5.94. The van der Waals surface area contributed by atoms with Gasteiger partial charge in [0.2, 0.25) is 0 Å². The fourth-order valence-corrected chi connectivity index (χ4v) is 3.96. The van der Waals surface area contributed by atoms with Crippen molar-refractivity contribution in [3.05, 3.63) is 82.4 Å². The van der Waals surface area contributed by atoms with Crippen molar-refractivity contribution in [1.29, 1.82) is 0 Å². The summed E-state index contributed by atoms with van der Waals surface area (Å²) in [5.41, 5.74) is -0.849. The van der Waals surface area contributed by atoms with Crippen LogP contribution in [0, 0.1) is 17.6 Å². The van der Waals surface area contributed by atoms with Gasteiger partial charge in [-0.25, -0.2) is 8.78 Å². The van der Waals surface area contributed by atoms with E-state index < -0.39 is 45.8 Å². The summed E-state index contributed by atoms with van der Waals surface area (Å²) in [4.78, 5) is 22.7. The first-order valence-corrected chi connectivity index (χ1v) is 12.5. The normalized spacial score (nSPS) is 12.2. The highest BCUT2D eigenvalue weighted by Crippen LogP contribution is 2.38. The Morgan fingerprint density at radius 2 is 1.62 bits per heavy atom. The van der Waals surface area contributed by atoms with Gasteiger partial charge in [-0.1, -0.05) is 31.5 Å². The molecule has 0 aromatic heterocycles. The van der Waals surface area contributed by atoms with E-state index in [4.69, 9.17) is 21.4 Å². The number of amides is 1. The Balaban J connectivity index is 1.68. The number of carboxylic acids is 1. The summed E-state index contributed by atoms with van der Waals surface area (Å²) in [6, 6.07) is 10.2. The number of carbonyl (C=O) groups is 2. The van der Waals surface area contributed by atoms with Crippen molar-refractivity contribution >= 4 is 29.2 Å². The lowest BCUT2D eigenvalue weighted by atomic mass is 10.0. The zero-order valence-electron chi connectivity index (χ0n) is 21.4. The monoisotopic (exact) mass is 584 g/mol. The van der Waals surface area contributed by atoms with Crippen LogP contribution in [0.5, 0.6) is 5.75 Å². The highest BCUT2D eigenvalue weighted by atomic mass is 35.5. The molecule has 1 unspecified atom stereocenters. The van der Waals surface area contributed by atoms with Gasteiger partial charge in [-0.05, 0) is 42.3 Å². The standard InChI is InChI=1S/C28H26ClF5N2O4/c1-15(2)24(36-18-6-3-16(4-7-18)27(39)35-10-9-25(37)38)14-40-19-12-22(30)26(23(31)13-19)20-8-5-17(11-21(20)29)28(32,33)34/h3-8,11-13,15,24,36H,9-10,14H2,1-2H3,(H,35,39)(H,37,38). The Morgan fingerprint density at radius 1 is 1.00 bits per heavy atom. The molecular formula is C28H26ClF5N2O4. The van der Waals surface area contributed by atoms with Crippen molar-refractivity contribution in [2.24, 2.45) is 5.92 Å². The van der Waals surface area contributed by atoms with Crippen LogP contribution in [0.1, 0.15) is 36.2 Å². The van der Waals surface area contributed by atoms with E-state index in [1.54, 1.807) is 24.3 Å². The molecule has 0 heterocycles. The second-order valence-electron chi connectivity index (χ2n) is 9.24. The van der Waals surface area contributed by atoms with Crippen molar-refractivity contribution in [3.63, 3.8) is 0 Å². The number of nitrogens with one attached hydrogen (secondary N) is 2. The lowest BCUT2D eigenvalue weighted by Gasteiger charge is -2.24. The Kier molecular flexibility index (Phi) is 9.97. The number of benzene rings is 3. The van der Waals surface area contributed by atoms with Crippen molar-refractivity contribution in [3.8, 4) is 16.9 Å². The van der Waals surface area contributed by atoms with Gasteiger partial charge in [0.25, 0.3) is 5.91 Å². The first kappa shape index (κ1) is 30.7. The number of ether oxygens (including phenoxy) is 1. The van der Waals surface area contributed by atoms with Crippen molar-refractivity contribution in [1.82, 2.24) is 5.32 Å². The zero-order chi connectivity index (χ0) is 29.6. The van der Waals surface area contributed by atoms with Crippen LogP contribution in [0.25, 0.3) is 11.1 Å². The molecule has 0 spiro atoms. The number of alkyl halides is 3. The number of hydrogen-bond donors (Lipinski definition) is 3. The van der Waals surface area contributed by atoms with Crippen LogP contribution in [-0.4, -0.2) is 36.2 Å². The number of halogens is 6. The summed E-state index contributed by atoms with van der Waals surface area (Å²) in [6.07, 6.45) is -4.85. The molecule has 1 amide bonds. The minimum absolute atomic E-state index is 0.000472. The summed E-state index contributed by atoms with van der Waals surface area (Å²) in [5, 5.41) is 14.0. The Morgan fingerprint density at radius 3 is 2.15 bits per heavy atom. The maximum atomic E-state index is 14.9. The molecule has 3 N–H and O–H groups in total. The molecule has 3 aromatic rings. The number of anilines is 1. The van der Waals surface area contributed by atoms with Gasteiger partial charge >= 0.3 is 12.1 Å². The molecule has 6 nitrogen and oxygen atoms in total. The fraction of sp³-hybridized carbons (Fsp3) is 0.286. The highest BCUT2D eigenvalue weighted by Gasteiger charge is 2.31. The molecule has 0 radical (unpaired) electrons. The average Bonchev–Trinajstić information content (AvgIpc) is 2.86. The molecule has 0 saturated heterocycles. The lowest BCUT2D eigenvalue weighted by Crippen LogP contribution is -2.32. The van der Waals surface area contributed by atoms with E-state index in [2.05, 4.69) is 10.6 Å². The Labute approximate surface area is 232 Å². The van der Waals surface area contributed by atoms with Crippen molar-refractivity contribution < 1.29 is 41.4 Å². The third-order valence-corrected chi connectivity index (χ3v) is 6.25. The van der Waals surface area contributed by atoms with Gasteiger partial charge in [0.1, 0.15) is 24.0 Å². The van der Waals surface area contributed by atoms with Gasteiger partial charge < -0.3 is 20.5 Å².